The zero-order valence-electron chi connectivity index (χ0n) is 14.0. The van der Waals surface area contributed by atoms with E-state index >= 15 is 0 Å². The van der Waals surface area contributed by atoms with Crippen molar-refractivity contribution in [1.82, 2.24) is 15.5 Å². The number of aryl methyl sites for hydroxylation is 1. The Hall–Kier alpha value is -3.08. The summed E-state index contributed by atoms with van der Waals surface area (Å²) in [5.41, 5.74) is 6.16. The molecule has 0 aliphatic rings. The lowest BCUT2D eigenvalue weighted by molar-refractivity contribution is 0.0963. The minimum atomic E-state index is -0.0980. The van der Waals surface area contributed by atoms with Gasteiger partial charge in [0.1, 0.15) is 5.82 Å². The molecule has 5 heteroatoms. The predicted molar refractivity (Wildman–Crippen MR) is 96.6 cm³/mol. The molecule has 5 nitrogen and oxygen atoms in total. The molecule has 0 aliphatic carbocycles. The molecule has 0 radical (unpaired) electrons. The highest BCUT2D eigenvalue weighted by Crippen LogP contribution is 2.31. The number of carbonyl (C=O) groups is 1. The zero-order valence-corrected chi connectivity index (χ0v) is 14.0. The minimum Gasteiger partial charge on any atom is -0.355 e. The quantitative estimate of drug-likeness (QED) is 0.685. The van der Waals surface area contributed by atoms with Crippen molar-refractivity contribution >= 4 is 17.4 Å². The maximum absolute atomic E-state index is 11.6. The van der Waals surface area contributed by atoms with Gasteiger partial charge in [-0.05, 0) is 54.8 Å². The van der Waals surface area contributed by atoms with Crippen LogP contribution in [0.2, 0.25) is 0 Å². The van der Waals surface area contributed by atoms with Crippen LogP contribution in [0, 0.1) is 13.8 Å². The number of amides is 1. The molecule has 2 aromatic carbocycles. The van der Waals surface area contributed by atoms with Crippen molar-refractivity contribution in [1.29, 1.82) is 0 Å². The molecule has 0 bridgehead atoms. The Morgan fingerprint density at radius 1 is 1.04 bits per heavy atom. The first-order valence-corrected chi connectivity index (χ1v) is 7.79. The van der Waals surface area contributed by atoms with Crippen LogP contribution in [0.5, 0.6) is 0 Å². The summed E-state index contributed by atoms with van der Waals surface area (Å²) in [5.74, 6) is 0.732. The number of hydrogen-bond acceptors (Lipinski definition) is 3. The van der Waals surface area contributed by atoms with Crippen LogP contribution in [0.25, 0.3) is 11.1 Å². The Bertz CT molecular complexity index is 865. The Morgan fingerprint density at radius 2 is 1.79 bits per heavy atom. The van der Waals surface area contributed by atoms with Gasteiger partial charge in [0.25, 0.3) is 5.91 Å². The van der Waals surface area contributed by atoms with E-state index in [1.54, 1.807) is 19.2 Å². The molecule has 3 rings (SSSR count). The summed E-state index contributed by atoms with van der Waals surface area (Å²) >= 11 is 0. The molecule has 0 spiro atoms. The van der Waals surface area contributed by atoms with Crippen molar-refractivity contribution in [2.45, 2.75) is 13.8 Å². The van der Waals surface area contributed by atoms with Crippen molar-refractivity contribution in [3.8, 4) is 11.1 Å². The molecule has 0 fully saturated rings. The molecule has 1 aromatic heterocycles. The molecule has 0 unspecified atom stereocenters. The average Bonchev–Trinajstić information content (AvgIpc) is 3.05. The van der Waals surface area contributed by atoms with Gasteiger partial charge in [0.05, 0.1) is 6.20 Å². The van der Waals surface area contributed by atoms with Gasteiger partial charge >= 0.3 is 0 Å². The molecule has 3 aromatic rings. The van der Waals surface area contributed by atoms with Crippen LogP contribution in [0.4, 0.5) is 11.5 Å². The second-order valence-corrected chi connectivity index (χ2v) is 5.69. The smallest absolute Gasteiger partial charge is 0.251 e. The fraction of sp³-hybridized carbons (Fsp3) is 0.158. The number of benzene rings is 2. The highest BCUT2D eigenvalue weighted by atomic mass is 16.1. The third kappa shape index (κ3) is 3.01. The topological polar surface area (TPSA) is 69.8 Å². The molecule has 1 heterocycles. The highest BCUT2D eigenvalue weighted by molar-refractivity contribution is 5.94. The Labute approximate surface area is 141 Å². The first-order valence-electron chi connectivity index (χ1n) is 7.79. The molecular formula is C19H20N4O. The number of anilines is 2. The molecule has 24 heavy (non-hydrogen) atoms. The third-order valence-electron chi connectivity index (χ3n) is 4.18. The lowest BCUT2D eigenvalue weighted by Crippen LogP contribution is -2.17. The van der Waals surface area contributed by atoms with E-state index in [1.807, 2.05) is 24.4 Å². The second kappa shape index (κ2) is 6.58. The summed E-state index contributed by atoms with van der Waals surface area (Å²) in [4.78, 5) is 11.6. The van der Waals surface area contributed by atoms with E-state index in [1.165, 1.54) is 11.1 Å². The fourth-order valence-corrected chi connectivity index (χ4v) is 2.62. The van der Waals surface area contributed by atoms with Gasteiger partial charge in [0.2, 0.25) is 0 Å². The SMILES string of the molecule is CNC(=O)c1ccc(Nc2[nH]ncc2-c2cccc(C)c2C)cc1. The zero-order chi connectivity index (χ0) is 17.1. The number of rotatable bonds is 4. The van der Waals surface area contributed by atoms with Crippen molar-refractivity contribution in [2.75, 3.05) is 12.4 Å². The van der Waals surface area contributed by atoms with Gasteiger partial charge in [-0.1, -0.05) is 18.2 Å². The maximum Gasteiger partial charge on any atom is 0.251 e. The molecule has 0 atom stereocenters. The number of H-pyrrole nitrogens is 1. The van der Waals surface area contributed by atoms with Crippen molar-refractivity contribution < 1.29 is 4.79 Å². The van der Waals surface area contributed by atoms with Crippen molar-refractivity contribution in [2.24, 2.45) is 0 Å². The van der Waals surface area contributed by atoms with Crippen LogP contribution in [-0.4, -0.2) is 23.2 Å². The van der Waals surface area contributed by atoms with Crippen LogP contribution >= 0.6 is 0 Å². The Balaban J connectivity index is 1.89. The van der Waals surface area contributed by atoms with Crippen LogP contribution < -0.4 is 10.6 Å². The van der Waals surface area contributed by atoms with E-state index in [0.29, 0.717) is 5.56 Å². The molecule has 3 N–H and O–H groups in total. The van der Waals surface area contributed by atoms with Crippen molar-refractivity contribution in [3.63, 3.8) is 0 Å². The molecular weight excluding hydrogens is 300 g/mol. The Kier molecular flexibility index (Phi) is 4.33. The maximum atomic E-state index is 11.6. The molecule has 0 saturated carbocycles. The fourth-order valence-electron chi connectivity index (χ4n) is 2.62. The second-order valence-electron chi connectivity index (χ2n) is 5.69. The van der Waals surface area contributed by atoms with E-state index in [-0.39, 0.29) is 5.91 Å². The van der Waals surface area contributed by atoms with Crippen LogP contribution in [0.1, 0.15) is 21.5 Å². The van der Waals surface area contributed by atoms with Gasteiger partial charge in [-0.3, -0.25) is 9.89 Å². The lowest BCUT2D eigenvalue weighted by Gasteiger charge is -2.11. The summed E-state index contributed by atoms with van der Waals surface area (Å²) in [6, 6.07) is 13.6. The molecule has 122 valence electrons. The largest absolute Gasteiger partial charge is 0.355 e. The number of nitrogens with zero attached hydrogens (tertiary/aromatic N) is 1. The number of nitrogens with one attached hydrogen (secondary N) is 3. The number of hydrogen-bond donors (Lipinski definition) is 3. The van der Waals surface area contributed by atoms with Gasteiger partial charge in [-0.25, -0.2) is 0 Å². The normalized spacial score (nSPS) is 10.5. The van der Waals surface area contributed by atoms with E-state index in [9.17, 15) is 4.79 Å². The van der Waals surface area contributed by atoms with Gasteiger partial charge in [-0.15, -0.1) is 0 Å². The predicted octanol–water partition coefficient (Wildman–Crippen LogP) is 3.80. The van der Waals surface area contributed by atoms with Gasteiger partial charge in [0, 0.05) is 23.9 Å². The number of aromatic amines is 1. The average molecular weight is 320 g/mol. The molecule has 0 aliphatic heterocycles. The van der Waals surface area contributed by atoms with Gasteiger partial charge in [0.15, 0.2) is 0 Å². The van der Waals surface area contributed by atoms with E-state index in [0.717, 1.165) is 22.6 Å². The summed E-state index contributed by atoms with van der Waals surface area (Å²) in [5, 5.41) is 13.1. The summed E-state index contributed by atoms with van der Waals surface area (Å²) < 4.78 is 0. The highest BCUT2D eigenvalue weighted by Gasteiger charge is 2.11. The summed E-state index contributed by atoms with van der Waals surface area (Å²) in [6.45, 7) is 4.21. The minimum absolute atomic E-state index is 0.0980. The summed E-state index contributed by atoms with van der Waals surface area (Å²) in [6.07, 6.45) is 1.82. The molecule has 1 amide bonds. The first-order chi connectivity index (χ1) is 11.6. The summed E-state index contributed by atoms with van der Waals surface area (Å²) in [7, 11) is 1.62. The van der Waals surface area contributed by atoms with Gasteiger partial charge in [-0.2, -0.15) is 5.10 Å². The number of carbonyl (C=O) groups excluding carboxylic acids is 1. The van der Waals surface area contributed by atoms with E-state index < -0.39 is 0 Å². The number of aromatic nitrogens is 2. The van der Waals surface area contributed by atoms with Gasteiger partial charge < -0.3 is 10.6 Å². The van der Waals surface area contributed by atoms with Crippen molar-refractivity contribution in [3.05, 3.63) is 65.4 Å². The van der Waals surface area contributed by atoms with Crippen LogP contribution in [-0.2, 0) is 0 Å². The standard InChI is InChI=1S/C19H20N4O/c1-12-5-4-6-16(13(12)2)17-11-21-23-18(17)22-15-9-7-14(8-10-15)19(24)20-3/h4-11H,1-3H3,(H,20,24)(H2,21,22,23). The third-order valence-corrected chi connectivity index (χ3v) is 4.18. The molecule has 0 saturated heterocycles. The lowest BCUT2D eigenvalue weighted by atomic mass is 9.99. The first kappa shape index (κ1) is 15.8. The monoisotopic (exact) mass is 320 g/mol. The van der Waals surface area contributed by atoms with E-state index in [2.05, 4.69) is 46.8 Å². The van der Waals surface area contributed by atoms with E-state index in [4.69, 9.17) is 0 Å². The Morgan fingerprint density at radius 3 is 2.50 bits per heavy atom. The van der Waals surface area contributed by atoms with Crippen LogP contribution in [0.3, 0.4) is 0 Å². The van der Waals surface area contributed by atoms with Crippen LogP contribution in [0.15, 0.2) is 48.7 Å².